The monoisotopic (exact) mass is 425 g/mol. The molecule has 3 rings (SSSR count). The van der Waals surface area contributed by atoms with Crippen molar-refractivity contribution in [2.45, 2.75) is 51.1 Å². The van der Waals surface area contributed by atoms with E-state index in [9.17, 15) is 9.59 Å². The molecule has 1 N–H and O–H groups in total. The van der Waals surface area contributed by atoms with E-state index >= 15 is 0 Å². The zero-order chi connectivity index (χ0) is 21.7. The summed E-state index contributed by atoms with van der Waals surface area (Å²) in [4.78, 5) is 27.3. The summed E-state index contributed by atoms with van der Waals surface area (Å²) in [5.74, 6) is 0.293. The van der Waals surface area contributed by atoms with Crippen molar-refractivity contribution < 1.29 is 9.59 Å². The van der Waals surface area contributed by atoms with Crippen LogP contribution in [0.2, 0.25) is 0 Å². The van der Waals surface area contributed by atoms with E-state index in [2.05, 4.69) is 66.2 Å². The fourth-order valence-corrected chi connectivity index (χ4v) is 4.78. The second-order valence-electron chi connectivity index (χ2n) is 7.62. The molecule has 5 nitrogen and oxygen atoms in total. The van der Waals surface area contributed by atoms with E-state index in [0.717, 1.165) is 24.3 Å². The van der Waals surface area contributed by atoms with Crippen molar-refractivity contribution in [3.63, 3.8) is 0 Å². The Morgan fingerprint density at radius 3 is 2.53 bits per heavy atom. The molecule has 1 heterocycles. The molecule has 2 aromatic carbocycles. The van der Waals surface area contributed by atoms with Crippen LogP contribution in [0.5, 0.6) is 0 Å². The zero-order valence-corrected chi connectivity index (χ0v) is 19.1. The first kappa shape index (κ1) is 22.2. The molecule has 0 aliphatic carbocycles. The van der Waals surface area contributed by atoms with Gasteiger partial charge in [0, 0.05) is 59.5 Å². The number of aryl methyl sites for hydroxylation is 1. The number of likely N-dealkylation sites (N-methyl/N-ethyl adjacent to an activating group) is 1. The molecule has 6 heteroatoms. The summed E-state index contributed by atoms with van der Waals surface area (Å²) in [5, 5.41) is 5.30. The second-order valence-corrected chi connectivity index (χ2v) is 8.71. The molecule has 0 saturated carbocycles. The number of unbranched alkanes of at least 4 members (excludes halogenated alkanes) is 1. The molecule has 0 spiro atoms. The number of thioether (sulfide) groups is 1. The SMILES string of the molecule is CCCCN(C)C(=O)C(CSc1ccc2c(c1)c1ccccc1n2CC)NC(C)=O. The van der Waals surface area contributed by atoms with Crippen LogP contribution in [0.1, 0.15) is 33.6 Å². The minimum atomic E-state index is -0.526. The fraction of sp³-hybridized carbons (Fsp3) is 0.417. The van der Waals surface area contributed by atoms with Gasteiger partial charge in [0.1, 0.15) is 6.04 Å². The zero-order valence-electron chi connectivity index (χ0n) is 18.3. The number of fused-ring (bicyclic) bond motifs is 3. The molecule has 0 radical (unpaired) electrons. The van der Waals surface area contributed by atoms with Crippen LogP contribution in [0.3, 0.4) is 0 Å². The number of nitrogens with zero attached hydrogens (tertiary/aromatic N) is 2. The standard InChI is InChI=1S/C24H31N3O2S/c1-5-7-14-26(4)24(29)21(25-17(3)28)16-30-18-12-13-23-20(15-18)19-10-8-9-11-22(19)27(23)6-2/h8-13,15,21H,5-7,14,16H2,1-4H3,(H,25,28). The third-order valence-electron chi connectivity index (χ3n) is 5.38. The Bertz CT molecular complexity index is 1040. The maximum absolute atomic E-state index is 12.8. The quantitative estimate of drug-likeness (QED) is 0.507. The van der Waals surface area contributed by atoms with E-state index in [0.29, 0.717) is 12.3 Å². The van der Waals surface area contributed by atoms with Gasteiger partial charge in [0.05, 0.1) is 0 Å². The molecule has 3 aromatic rings. The summed E-state index contributed by atoms with van der Waals surface area (Å²) in [5.41, 5.74) is 2.46. The Kier molecular flexibility index (Phi) is 7.43. The topological polar surface area (TPSA) is 54.3 Å². The highest BCUT2D eigenvalue weighted by Gasteiger charge is 2.23. The number of hydrogen-bond donors (Lipinski definition) is 1. The van der Waals surface area contributed by atoms with Gasteiger partial charge in [-0.1, -0.05) is 31.5 Å². The van der Waals surface area contributed by atoms with Crippen LogP contribution in [0.25, 0.3) is 21.8 Å². The van der Waals surface area contributed by atoms with Gasteiger partial charge in [0.15, 0.2) is 0 Å². The number of aromatic nitrogens is 1. The molecule has 1 unspecified atom stereocenters. The average molecular weight is 426 g/mol. The highest BCUT2D eigenvalue weighted by Crippen LogP contribution is 2.32. The van der Waals surface area contributed by atoms with Gasteiger partial charge in [-0.2, -0.15) is 0 Å². The van der Waals surface area contributed by atoms with Gasteiger partial charge in [0.2, 0.25) is 11.8 Å². The number of carbonyl (C=O) groups excluding carboxylic acids is 2. The van der Waals surface area contributed by atoms with Gasteiger partial charge in [-0.25, -0.2) is 0 Å². The first-order chi connectivity index (χ1) is 14.5. The number of benzene rings is 2. The Morgan fingerprint density at radius 2 is 1.83 bits per heavy atom. The summed E-state index contributed by atoms with van der Waals surface area (Å²) in [6.45, 7) is 7.35. The smallest absolute Gasteiger partial charge is 0.245 e. The fourth-order valence-electron chi connectivity index (χ4n) is 3.83. The minimum absolute atomic E-state index is 0.0326. The molecular weight excluding hydrogens is 394 g/mol. The molecule has 1 aromatic heterocycles. The maximum Gasteiger partial charge on any atom is 0.245 e. The van der Waals surface area contributed by atoms with Gasteiger partial charge in [0.25, 0.3) is 0 Å². The normalized spacial score (nSPS) is 12.3. The van der Waals surface area contributed by atoms with E-state index in [-0.39, 0.29) is 11.8 Å². The summed E-state index contributed by atoms with van der Waals surface area (Å²) >= 11 is 1.61. The number of rotatable bonds is 9. The lowest BCUT2D eigenvalue weighted by atomic mass is 10.1. The van der Waals surface area contributed by atoms with Crippen molar-refractivity contribution in [1.29, 1.82) is 0 Å². The van der Waals surface area contributed by atoms with Gasteiger partial charge < -0.3 is 14.8 Å². The van der Waals surface area contributed by atoms with E-state index in [1.165, 1.54) is 28.7 Å². The number of nitrogens with one attached hydrogen (secondary N) is 1. The van der Waals surface area contributed by atoms with E-state index in [1.54, 1.807) is 16.7 Å². The van der Waals surface area contributed by atoms with E-state index < -0.39 is 6.04 Å². The highest BCUT2D eigenvalue weighted by molar-refractivity contribution is 7.99. The van der Waals surface area contributed by atoms with Crippen LogP contribution in [0.15, 0.2) is 47.4 Å². The molecule has 160 valence electrons. The lowest BCUT2D eigenvalue weighted by Crippen LogP contribution is -2.48. The summed E-state index contributed by atoms with van der Waals surface area (Å²) < 4.78 is 2.32. The van der Waals surface area contributed by atoms with Crippen molar-refractivity contribution in [2.24, 2.45) is 0 Å². The molecule has 0 saturated heterocycles. The van der Waals surface area contributed by atoms with Crippen LogP contribution in [-0.2, 0) is 16.1 Å². The summed E-state index contributed by atoms with van der Waals surface area (Å²) in [6.07, 6.45) is 1.99. The lowest BCUT2D eigenvalue weighted by Gasteiger charge is -2.24. The number of carbonyl (C=O) groups is 2. The Labute approximate surface area is 182 Å². The van der Waals surface area contributed by atoms with Crippen LogP contribution >= 0.6 is 11.8 Å². The molecule has 0 fully saturated rings. The van der Waals surface area contributed by atoms with Gasteiger partial charge in [-0.3, -0.25) is 9.59 Å². The molecular formula is C24H31N3O2S. The van der Waals surface area contributed by atoms with E-state index in [4.69, 9.17) is 0 Å². The third-order valence-corrected chi connectivity index (χ3v) is 6.46. The van der Waals surface area contributed by atoms with Crippen LogP contribution in [0.4, 0.5) is 0 Å². The largest absolute Gasteiger partial charge is 0.344 e. The Morgan fingerprint density at radius 1 is 1.10 bits per heavy atom. The van der Waals surface area contributed by atoms with Crippen LogP contribution in [-0.4, -0.2) is 46.7 Å². The number of amides is 2. The first-order valence-corrected chi connectivity index (χ1v) is 11.6. The van der Waals surface area contributed by atoms with Crippen molar-refractivity contribution in [2.75, 3.05) is 19.3 Å². The van der Waals surface area contributed by atoms with Crippen LogP contribution < -0.4 is 5.32 Å². The van der Waals surface area contributed by atoms with E-state index in [1.807, 2.05) is 7.05 Å². The summed E-state index contributed by atoms with van der Waals surface area (Å²) in [7, 11) is 1.81. The molecule has 0 aliphatic heterocycles. The van der Waals surface area contributed by atoms with Crippen LogP contribution in [0, 0.1) is 0 Å². The van der Waals surface area contributed by atoms with Crippen molar-refractivity contribution >= 4 is 45.4 Å². The molecule has 30 heavy (non-hydrogen) atoms. The minimum Gasteiger partial charge on any atom is -0.344 e. The molecule has 2 amide bonds. The van der Waals surface area contributed by atoms with Crippen molar-refractivity contribution in [1.82, 2.24) is 14.8 Å². The first-order valence-electron chi connectivity index (χ1n) is 10.6. The lowest BCUT2D eigenvalue weighted by molar-refractivity contribution is -0.134. The highest BCUT2D eigenvalue weighted by atomic mass is 32.2. The third kappa shape index (κ3) is 4.81. The number of hydrogen-bond acceptors (Lipinski definition) is 3. The molecule has 0 aliphatic rings. The van der Waals surface area contributed by atoms with Gasteiger partial charge in [-0.05, 0) is 37.6 Å². The maximum atomic E-state index is 12.8. The Hall–Kier alpha value is -2.47. The van der Waals surface area contributed by atoms with Crippen molar-refractivity contribution in [3.8, 4) is 0 Å². The predicted octanol–water partition coefficient (Wildman–Crippen LogP) is 4.67. The molecule has 1 atom stereocenters. The predicted molar refractivity (Wildman–Crippen MR) is 126 cm³/mol. The van der Waals surface area contributed by atoms with Gasteiger partial charge >= 0.3 is 0 Å². The van der Waals surface area contributed by atoms with Gasteiger partial charge in [-0.15, -0.1) is 11.8 Å². The average Bonchev–Trinajstić information content (AvgIpc) is 3.07. The second kappa shape index (κ2) is 10.0. The van der Waals surface area contributed by atoms with Crippen molar-refractivity contribution in [3.05, 3.63) is 42.5 Å². The Balaban J connectivity index is 1.82. The molecule has 0 bridgehead atoms. The summed E-state index contributed by atoms with van der Waals surface area (Å²) in [6, 6.07) is 14.4. The number of para-hydroxylation sites is 1.